The molecule has 1 N–H and O–H groups in total. The molecule has 0 amide bonds. The van der Waals surface area contributed by atoms with Gasteiger partial charge in [0.1, 0.15) is 23.7 Å². The third-order valence-electron chi connectivity index (χ3n) is 8.90. The fraction of sp³-hybridized carbons (Fsp3) is 0.333. The summed E-state index contributed by atoms with van der Waals surface area (Å²) < 4.78 is 44.5. The number of likely N-dealkylation sites (N-methyl/N-ethyl adjacent to an activating group) is 1. The van der Waals surface area contributed by atoms with Crippen LogP contribution in [0, 0.1) is 11.6 Å². The van der Waals surface area contributed by atoms with Crippen LogP contribution in [-0.2, 0) is 19.1 Å². The molecule has 59 heavy (non-hydrogen) atoms. The molecule has 2 aromatic carbocycles. The van der Waals surface area contributed by atoms with Gasteiger partial charge in [-0.2, -0.15) is 0 Å². The number of hydrogen-bond donors (Lipinski definition) is 1. The van der Waals surface area contributed by atoms with Crippen molar-refractivity contribution in [3.63, 3.8) is 0 Å². The van der Waals surface area contributed by atoms with Crippen molar-refractivity contribution in [2.24, 2.45) is 9.98 Å². The summed E-state index contributed by atoms with van der Waals surface area (Å²) >= 11 is 13.0. The lowest BCUT2D eigenvalue weighted by Gasteiger charge is -2.40. The van der Waals surface area contributed by atoms with Gasteiger partial charge in [-0.3, -0.25) is 14.7 Å². The summed E-state index contributed by atoms with van der Waals surface area (Å²) in [6.07, 6.45) is 3.46. The van der Waals surface area contributed by atoms with Crippen molar-refractivity contribution in [1.82, 2.24) is 28.8 Å². The highest BCUT2D eigenvalue weighted by Gasteiger charge is 2.41. The SMILES string of the molecule is CC.CCOC(=O)C1=C2CN(C)SCN2C(c2nccs2)=N[C@H]1c1ccc(F)cc1Br.CCOC(=O)C1=C2CNSCN2C(c2nccs2)=N[C@H]1c1ccc(F)cc1Br. The Labute approximate surface area is 374 Å². The molecule has 4 aliphatic heterocycles. The number of rotatable bonds is 8. The summed E-state index contributed by atoms with van der Waals surface area (Å²) in [4.78, 5) is 48.6. The number of nitrogens with one attached hydrogen (secondary N) is 1. The molecule has 4 aliphatic rings. The van der Waals surface area contributed by atoms with Crippen LogP contribution in [0.4, 0.5) is 8.78 Å². The summed E-state index contributed by atoms with van der Waals surface area (Å²) in [6, 6.07) is 7.57. The lowest BCUT2D eigenvalue weighted by atomic mass is 9.94. The molecule has 6 heterocycles. The molecule has 2 aromatic heterocycles. The molecule has 2 fully saturated rings. The highest BCUT2D eigenvalue weighted by molar-refractivity contribution is 9.10. The minimum Gasteiger partial charge on any atom is -0.463 e. The van der Waals surface area contributed by atoms with E-state index in [0.29, 0.717) is 67.7 Å². The number of aliphatic imine (C=N–C) groups is 2. The number of amidine groups is 2. The van der Waals surface area contributed by atoms with Crippen LogP contribution in [0.1, 0.15) is 60.9 Å². The van der Waals surface area contributed by atoms with Crippen LogP contribution in [-0.4, -0.2) is 92.8 Å². The van der Waals surface area contributed by atoms with Gasteiger partial charge in [0.15, 0.2) is 21.7 Å². The Morgan fingerprint density at radius 2 is 1.29 bits per heavy atom. The number of benzene rings is 2. The second kappa shape index (κ2) is 20.8. The van der Waals surface area contributed by atoms with Gasteiger partial charge in [-0.05, 0) is 56.3 Å². The maximum Gasteiger partial charge on any atom is 0.338 e. The first-order valence-corrected chi connectivity index (χ1v) is 23.8. The van der Waals surface area contributed by atoms with E-state index in [1.165, 1.54) is 58.9 Å². The third-order valence-corrected chi connectivity index (χ3v) is 13.5. The van der Waals surface area contributed by atoms with Gasteiger partial charge in [0.05, 0.1) is 36.1 Å². The lowest BCUT2D eigenvalue weighted by Crippen LogP contribution is -2.44. The largest absolute Gasteiger partial charge is 0.463 e. The molecule has 2 saturated heterocycles. The zero-order chi connectivity index (χ0) is 42.2. The standard InChI is InChI=1S/C19H18BrFN4O2S2.C18H16BrFN4O2S2.C2H6/c1-3-27-19(26)15-14-9-24(2)29-10-25(14)17(18-22-6-7-28-18)23-16(15)12-5-4-11(21)8-13(12)20;1-2-26-18(25)14-13-8-22-28-9-24(13)16(17-21-5-6-27-17)23-15(14)11-4-3-10(20)7-12(11)19;1-2/h4-8,16H,3,9-10H2,1-2H3;3-7,15,22H,2,8-9H2,1H3;1-2H3/t16-;15-;/m00./s1. The molecular formula is C39H40Br2F2N8O4S4. The monoisotopic (exact) mass is 1010 g/mol. The third kappa shape index (κ3) is 10.0. The topological polar surface area (TPSA) is 125 Å². The highest BCUT2D eigenvalue weighted by atomic mass is 79.9. The number of carbonyl (C=O) groups is 2. The minimum absolute atomic E-state index is 0.262. The molecule has 2 atom stereocenters. The first kappa shape index (κ1) is 45.0. The van der Waals surface area contributed by atoms with Crippen LogP contribution in [0.15, 0.2) is 101 Å². The number of thiazole rings is 2. The molecule has 312 valence electrons. The summed E-state index contributed by atoms with van der Waals surface area (Å²) in [6.45, 7) is 9.11. The summed E-state index contributed by atoms with van der Waals surface area (Å²) in [5.74, 6) is 1.08. The van der Waals surface area contributed by atoms with Crippen LogP contribution >= 0.6 is 78.4 Å². The predicted octanol–water partition coefficient (Wildman–Crippen LogP) is 9.12. The van der Waals surface area contributed by atoms with Gasteiger partial charge in [0, 0.05) is 56.6 Å². The van der Waals surface area contributed by atoms with Crippen LogP contribution in [0.5, 0.6) is 0 Å². The Kier molecular flexibility index (Phi) is 15.9. The van der Waals surface area contributed by atoms with Gasteiger partial charge in [-0.1, -0.05) is 81.7 Å². The van der Waals surface area contributed by atoms with Gasteiger partial charge in [0.2, 0.25) is 0 Å². The number of aromatic nitrogens is 2. The van der Waals surface area contributed by atoms with Crippen LogP contribution in [0.3, 0.4) is 0 Å². The van der Waals surface area contributed by atoms with Crippen molar-refractivity contribution in [3.8, 4) is 0 Å². The van der Waals surface area contributed by atoms with Crippen molar-refractivity contribution < 1.29 is 27.8 Å². The van der Waals surface area contributed by atoms with E-state index in [-0.39, 0.29) is 24.8 Å². The Morgan fingerprint density at radius 1 is 0.797 bits per heavy atom. The number of hydrogen-bond acceptors (Lipinski definition) is 16. The van der Waals surface area contributed by atoms with Gasteiger partial charge < -0.3 is 19.3 Å². The molecule has 0 aliphatic carbocycles. The molecule has 0 saturated carbocycles. The van der Waals surface area contributed by atoms with E-state index < -0.39 is 24.0 Å². The van der Waals surface area contributed by atoms with Gasteiger partial charge in [0.25, 0.3) is 0 Å². The first-order chi connectivity index (χ1) is 28.6. The number of esters is 2. The molecule has 20 heteroatoms. The highest BCUT2D eigenvalue weighted by Crippen LogP contribution is 2.43. The van der Waals surface area contributed by atoms with Gasteiger partial charge >= 0.3 is 11.9 Å². The van der Waals surface area contributed by atoms with Crippen molar-refractivity contribution >= 4 is 102 Å². The Morgan fingerprint density at radius 3 is 1.75 bits per heavy atom. The van der Waals surface area contributed by atoms with Crippen LogP contribution in [0.2, 0.25) is 0 Å². The number of ether oxygens (including phenoxy) is 2. The molecular weight excluding hydrogens is 971 g/mol. The Hall–Kier alpha value is -3.50. The summed E-state index contributed by atoms with van der Waals surface area (Å²) in [5.41, 5.74) is 3.99. The van der Waals surface area contributed by atoms with Gasteiger partial charge in [-0.25, -0.2) is 32.6 Å². The second-order valence-electron chi connectivity index (χ2n) is 12.4. The molecule has 0 spiro atoms. The maximum absolute atomic E-state index is 13.7. The maximum atomic E-state index is 13.7. The van der Waals surface area contributed by atoms with Crippen LogP contribution < -0.4 is 4.72 Å². The van der Waals surface area contributed by atoms with E-state index >= 15 is 0 Å². The Balaban J connectivity index is 0.000000191. The smallest absolute Gasteiger partial charge is 0.338 e. The van der Waals surface area contributed by atoms with E-state index in [1.54, 1.807) is 50.3 Å². The molecule has 0 bridgehead atoms. The first-order valence-electron chi connectivity index (χ1n) is 18.5. The fourth-order valence-corrected chi connectivity index (χ4v) is 10.4. The van der Waals surface area contributed by atoms with E-state index in [1.807, 2.05) is 41.5 Å². The van der Waals surface area contributed by atoms with E-state index in [9.17, 15) is 18.4 Å². The number of fused-ring (bicyclic) bond motifs is 2. The molecule has 8 rings (SSSR count). The molecule has 4 aromatic rings. The number of carbonyl (C=O) groups excluding carboxylic acids is 2. The average molecular weight is 1010 g/mol. The molecule has 12 nitrogen and oxygen atoms in total. The zero-order valence-electron chi connectivity index (χ0n) is 32.6. The Bertz CT molecular complexity index is 2280. The fourth-order valence-electron chi connectivity index (χ4n) is 6.44. The lowest BCUT2D eigenvalue weighted by molar-refractivity contribution is -0.140. The minimum atomic E-state index is -0.621. The van der Waals surface area contributed by atoms with Crippen molar-refractivity contribution in [3.05, 3.63) is 124 Å². The summed E-state index contributed by atoms with van der Waals surface area (Å²) in [7, 11) is 1.98. The predicted molar refractivity (Wildman–Crippen MR) is 239 cm³/mol. The molecule has 0 radical (unpaired) electrons. The quantitative estimate of drug-likeness (QED) is 0.134. The van der Waals surface area contributed by atoms with E-state index in [4.69, 9.17) is 19.5 Å². The van der Waals surface area contributed by atoms with Crippen molar-refractivity contribution in [2.75, 3.05) is 45.1 Å². The van der Waals surface area contributed by atoms with Crippen molar-refractivity contribution in [1.29, 1.82) is 0 Å². The zero-order valence-corrected chi connectivity index (χ0v) is 39.0. The number of halogens is 4. The number of nitrogens with zero attached hydrogens (tertiary/aromatic N) is 7. The van der Waals surface area contributed by atoms with Crippen LogP contribution in [0.25, 0.3) is 0 Å². The molecule has 0 unspecified atom stereocenters. The van der Waals surface area contributed by atoms with E-state index in [0.717, 1.165) is 21.4 Å². The second-order valence-corrected chi connectivity index (χ2v) is 17.8. The van der Waals surface area contributed by atoms with Crippen molar-refractivity contribution in [2.45, 2.75) is 39.8 Å². The van der Waals surface area contributed by atoms with Gasteiger partial charge in [-0.15, -0.1) is 22.7 Å². The normalized spacial score (nSPS) is 19.0. The van der Waals surface area contributed by atoms with E-state index in [2.05, 4.69) is 50.9 Å². The summed E-state index contributed by atoms with van der Waals surface area (Å²) in [5, 5.41) is 5.33. The average Bonchev–Trinajstić information content (AvgIpc) is 3.97.